The van der Waals surface area contributed by atoms with Gasteiger partial charge in [-0.15, -0.1) is 0 Å². The maximum atomic E-state index is 5.74. The van der Waals surface area contributed by atoms with E-state index in [1.807, 2.05) is 6.07 Å². The number of benzene rings is 1. The van der Waals surface area contributed by atoms with E-state index in [4.69, 9.17) is 9.47 Å². The van der Waals surface area contributed by atoms with Crippen LogP contribution in [0.2, 0.25) is 0 Å². The monoisotopic (exact) mass is 279 g/mol. The zero-order valence-electron chi connectivity index (χ0n) is 13.4. The first-order chi connectivity index (χ1) is 9.67. The van der Waals surface area contributed by atoms with Crippen molar-refractivity contribution in [3.63, 3.8) is 0 Å². The maximum Gasteiger partial charge on any atom is 0.124 e. The van der Waals surface area contributed by atoms with Crippen molar-refractivity contribution in [3.8, 4) is 5.75 Å². The molecule has 0 unspecified atom stereocenters. The molecule has 1 aromatic rings. The third kappa shape index (κ3) is 6.40. The van der Waals surface area contributed by atoms with Crippen LogP contribution in [0, 0.1) is 0 Å². The van der Waals surface area contributed by atoms with Gasteiger partial charge in [0.25, 0.3) is 0 Å². The Morgan fingerprint density at radius 1 is 1.20 bits per heavy atom. The zero-order chi connectivity index (χ0) is 14.8. The fraction of sp³-hybridized carbons (Fsp3) is 0.647. The van der Waals surface area contributed by atoms with Crippen LogP contribution in [0.1, 0.15) is 51.2 Å². The van der Waals surface area contributed by atoms with Crippen molar-refractivity contribution >= 4 is 0 Å². The van der Waals surface area contributed by atoms with E-state index in [9.17, 15) is 0 Å². The molecule has 0 aliphatic rings. The summed E-state index contributed by atoms with van der Waals surface area (Å²) in [5, 5.41) is 3.43. The molecule has 0 saturated heterocycles. The van der Waals surface area contributed by atoms with E-state index in [-0.39, 0.29) is 0 Å². The van der Waals surface area contributed by atoms with Crippen molar-refractivity contribution in [2.45, 2.75) is 59.2 Å². The van der Waals surface area contributed by atoms with Crippen LogP contribution < -0.4 is 10.1 Å². The summed E-state index contributed by atoms with van der Waals surface area (Å²) in [5.41, 5.74) is 2.40. The Morgan fingerprint density at radius 3 is 2.65 bits per heavy atom. The third-order valence-corrected chi connectivity index (χ3v) is 3.21. The molecule has 0 fully saturated rings. The van der Waals surface area contributed by atoms with Gasteiger partial charge in [-0.05, 0) is 24.1 Å². The molecule has 1 aromatic carbocycles. The highest BCUT2D eigenvalue weighted by Gasteiger charge is 2.05. The number of nitrogens with one attached hydrogen (secondary N) is 1. The van der Waals surface area contributed by atoms with Crippen molar-refractivity contribution in [1.29, 1.82) is 0 Å². The maximum absolute atomic E-state index is 5.74. The van der Waals surface area contributed by atoms with Crippen LogP contribution in [0.5, 0.6) is 5.75 Å². The van der Waals surface area contributed by atoms with E-state index >= 15 is 0 Å². The Labute approximate surface area is 123 Å². The molecule has 0 aromatic heterocycles. The van der Waals surface area contributed by atoms with Crippen LogP contribution in [0.25, 0.3) is 0 Å². The van der Waals surface area contributed by atoms with E-state index in [0.717, 1.165) is 30.9 Å². The molecule has 20 heavy (non-hydrogen) atoms. The molecule has 0 atom stereocenters. The van der Waals surface area contributed by atoms with Gasteiger partial charge in [0, 0.05) is 24.8 Å². The molecule has 1 N–H and O–H groups in total. The fourth-order valence-electron chi connectivity index (χ4n) is 2.01. The lowest BCUT2D eigenvalue weighted by Gasteiger charge is -2.13. The van der Waals surface area contributed by atoms with E-state index in [0.29, 0.717) is 12.6 Å². The molecule has 0 bridgehead atoms. The Hall–Kier alpha value is -1.06. The Balaban J connectivity index is 2.54. The first kappa shape index (κ1) is 17.0. The lowest BCUT2D eigenvalue weighted by molar-refractivity contribution is 0.115. The number of unbranched alkanes of at least 4 members (excludes halogenated alkanes) is 2. The number of hydrogen-bond acceptors (Lipinski definition) is 3. The Morgan fingerprint density at radius 2 is 2.00 bits per heavy atom. The quantitative estimate of drug-likeness (QED) is 0.659. The minimum atomic E-state index is 0.492. The molecule has 0 saturated carbocycles. The molecule has 0 aliphatic carbocycles. The summed E-state index contributed by atoms with van der Waals surface area (Å²) >= 11 is 0. The van der Waals surface area contributed by atoms with Crippen molar-refractivity contribution in [2.24, 2.45) is 0 Å². The number of hydrogen-bond donors (Lipinski definition) is 1. The summed E-state index contributed by atoms with van der Waals surface area (Å²) in [7, 11) is 1.71. The van der Waals surface area contributed by atoms with Crippen molar-refractivity contribution in [2.75, 3.05) is 13.7 Å². The fourth-order valence-corrected chi connectivity index (χ4v) is 2.01. The summed E-state index contributed by atoms with van der Waals surface area (Å²) in [5.74, 6) is 0.911. The number of methoxy groups -OCH3 is 1. The molecule has 3 heteroatoms. The third-order valence-electron chi connectivity index (χ3n) is 3.21. The molecule has 1 rings (SSSR count). The van der Waals surface area contributed by atoms with Gasteiger partial charge in [0.05, 0.1) is 13.7 Å². The molecule has 0 amide bonds. The molecular weight excluding hydrogens is 250 g/mol. The van der Waals surface area contributed by atoms with Gasteiger partial charge >= 0.3 is 0 Å². The summed E-state index contributed by atoms with van der Waals surface area (Å²) in [6.07, 6.45) is 3.59. The summed E-state index contributed by atoms with van der Waals surface area (Å²) in [6.45, 7) is 8.84. The van der Waals surface area contributed by atoms with Gasteiger partial charge in [0.1, 0.15) is 5.75 Å². The van der Waals surface area contributed by atoms with Crippen LogP contribution in [0.15, 0.2) is 18.2 Å². The second-order valence-corrected chi connectivity index (χ2v) is 5.44. The second-order valence-electron chi connectivity index (χ2n) is 5.44. The van der Waals surface area contributed by atoms with Crippen LogP contribution >= 0.6 is 0 Å². The minimum absolute atomic E-state index is 0.492. The minimum Gasteiger partial charge on any atom is -0.496 e. The van der Waals surface area contributed by atoms with E-state index < -0.39 is 0 Å². The first-order valence-electron chi connectivity index (χ1n) is 7.64. The average molecular weight is 279 g/mol. The highest BCUT2D eigenvalue weighted by Crippen LogP contribution is 2.21. The SMILES string of the molecule is CCCCCOCc1cc(CNC(C)C)ccc1OC. The molecule has 0 radical (unpaired) electrons. The summed E-state index contributed by atoms with van der Waals surface area (Å²) in [6, 6.07) is 6.80. The highest BCUT2D eigenvalue weighted by molar-refractivity contribution is 5.36. The van der Waals surface area contributed by atoms with Gasteiger partial charge in [0.2, 0.25) is 0 Å². The lowest BCUT2D eigenvalue weighted by atomic mass is 10.1. The summed E-state index contributed by atoms with van der Waals surface area (Å²) < 4.78 is 11.1. The Kier molecular flexibility index (Phi) is 8.31. The van der Waals surface area contributed by atoms with Gasteiger partial charge in [-0.3, -0.25) is 0 Å². The molecule has 114 valence electrons. The normalized spacial score (nSPS) is 11.1. The van der Waals surface area contributed by atoms with Gasteiger partial charge in [-0.1, -0.05) is 39.7 Å². The van der Waals surface area contributed by atoms with Crippen LogP contribution in [-0.4, -0.2) is 19.8 Å². The van der Waals surface area contributed by atoms with Crippen LogP contribution in [-0.2, 0) is 17.9 Å². The Bertz CT molecular complexity index is 377. The molecule has 0 heterocycles. The van der Waals surface area contributed by atoms with Gasteiger partial charge in [-0.2, -0.15) is 0 Å². The van der Waals surface area contributed by atoms with Crippen molar-refractivity contribution in [1.82, 2.24) is 5.32 Å². The standard InChI is InChI=1S/C17H29NO2/c1-5-6-7-10-20-13-16-11-15(12-18-14(2)3)8-9-17(16)19-4/h8-9,11,14,18H,5-7,10,12-13H2,1-4H3. The first-order valence-corrected chi connectivity index (χ1v) is 7.64. The largest absolute Gasteiger partial charge is 0.496 e. The smallest absolute Gasteiger partial charge is 0.124 e. The van der Waals surface area contributed by atoms with Crippen molar-refractivity contribution < 1.29 is 9.47 Å². The van der Waals surface area contributed by atoms with Gasteiger partial charge in [-0.25, -0.2) is 0 Å². The summed E-state index contributed by atoms with van der Waals surface area (Å²) in [4.78, 5) is 0. The number of ether oxygens (including phenoxy) is 2. The molecule has 0 spiro atoms. The van der Waals surface area contributed by atoms with Crippen molar-refractivity contribution in [3.05, 3.63) is 29.3 Å². The van der Waals surface area contributed by atoms with Gasteiger partial charge < -0.3 is 14.8 Å². The van der Waals surface area contributed by atoms with Gasteiger partial charge in [0.15, 0.2) is 0 Å². The number of rotatable bonds is 10. The van der Waals surface area contributed by atoms with E-state index in [1.54, 1.807) is 7.11 Å². The molecular formula is C17H29NO2. The predicted molar refractivity (Wildman–Crippen MR) is 84.2 cm³/mol. The average Bonchev–Trinajstić information content (AvgIpc) is 2.45. The topological polar surface area (TPSA) is 30.5 Å². The van der Waals surface area contributed by atoms with E-state index in [2.05, 4.69) is 38.2 Å². The lowest BCUT2D eigenvalue weighted by Crippen LogP contribution is -2.21. The molecule has 3 nitrogen and oxygen atoms in total. The van der Waals surface area contributed by atoms with Crippen LogP contribution in [0.3, 0.4) is 0 Å². The predicted octanol–water partition coefficient (Wildman–Crippen LogP) is 3.90. The van der Waals surface area contributed by atoms with Crippen LogP contribution in [0.4, 0.5) is 0 Å². The van der Waals surface area contributed by atoms with E-state index in [1.165, 1.54) is 18.4 Å². The second kappa shape index (κ2) is 9.78. The zero-order valence-corrected chi connectivity index (χ0v) is 13.4. The highest BCUT2D eigenvalue weighted by atomic mass is 16.5. The molecule has 0 aliphatic heterocycles.